The molecular weight excluding hydrogens is 282 g/mol. The van der Waals surface area contributed by atoms with Crippen LogP contribution in [0.5, 0.6) is 0 Å². The Hall–Kier alpha value is -2.36. The van der Waals surface area contributed by atoms with Gasteiger partial charge >= 0.3 is 5.69 Å². The molecule has 0 bridgehead atoms. The molecule has 104 valence electrons. The van der Waals surface area contributed by atoms with Gasteiger partial charge in [0, 0.05) is 6.04 Å². The molecule has 0 radical (unpaired) electrons. The maximum atomic E-state index is 11.7. The molecule has 1 aliphatic carbocycles. The molecular formula is C10H11N7O2S. The third kappa shape index (κ3) is 2.25. The zero-order chi connectivity index (χ0) is 14.1. The molecule has 10 heteroatoms. The van der Waals surface area contributed by atoms with E-state index in [0.29, 0.717) is 15.7 Å². The maximum Gasteiger partial charge on any atom is 0.344 e. The lowest BCUT2D eigenvalue weighted by Gasteiger charge is -2.05. The van der Waals surface area contributed by atoms with Gasteiger partial charge in [-0.1, -0.05) is 5.16 Å². The van der Waals surface area contributed by atoms with Crippen LogP contribution in [0.25, 0.3) is 0 Å². The fourth-order valence-electron chi connectivity index (χ4n) is 1.75. The minimum Gasteiger partial charge on any atom is -0.409 e. The van der Waals surface area contributed by atoms with E-state index in [1.807, 2.05) is 0 Å². The summed E-state index contributed by atoms with van der Waals surface area (Å²) < 4.78 is 1.59. The summed E-state index contributed by atoms with van der Waals surface area (Å²) in [6, 6.07) is 1.77. The molecule has 0 saturated heterocycles. The minimum absolute atomic E-state index is 0.0711. The highest BCUT2D eigenvalue weighted by atomic mass is 32.2. The van der Waals surface area contributed by atoms with Crippen molar-refractivity contribution in [3.63, 3.8) is 0 Å². The first kappa shape index (κ1) is 12.7. The van der Waals surface area contributed by atoms with Gasteiger partial charge in [-0.25, -0.2) is 9.89 Å². The molecule has 0 aromatic carbocycles. The summed E-state index contributed by atoms with van der Waals surface area (Å²) in [5.74, 6) is -0.0711. The lowest BCUT2D eigenvalue weighted by Crippen LogP contribution is -2.17. The number of hydrogen-bond donors (Lipinski definition) is 3. The van der Waals surface area contributed by atoms with Crippen molar-refractivity contribution in [2.75, 3.05) is 0 Å². The van der Waals surface area contributed by atoms with Gasteiger partial charge in [-0.05, 0) is 30.7 Å². The molecule has 0 aliphatic heterocycles. The second-order valence-corrected chi connectivity index (χ2v) is 5.21. The van der Waals surface area contributed by atoms with E-state index < -0.39 is 0 Å². The van der Waals surface area contributed by atoms with Crippen molar-refractivity contribution in [3.05, 3.63) is 28.3 Å². The Morgan fingerprint density at radius 2 is 2.40 bits per heavy atom. The molecule has 1 saturated carbocycles. The smallest absolute Gasteiger partial charge is 0.344 e. The first-order chi connectivity index (χ1) is 9.70. The van der Waals surface area contributed by atoms with Gasteiger partial charge in [0.05, 0.1) is 11.8 Å². The number of H-pyrrole nitrogens is 1. The predicted molar refractivity (Wildman–Crippen MR) is 69.8 cm³/mol. The van der Waals surface area contributed by atoms with Crippen LogP contribution in [-0.2, 0) is 0 Å². The molecule has 4 N–H and O–H groups in total. The number of nitrogens with two attached hydrogens (primary N) is 1. The average molecular weight is 293 g/mol. The molecule has 0 unspecified atom stereocenters. The Kier molecular flexibility index (Phi) is 3.14. The summed E-state index contributed by atoms with van der Waals surface area (Å²) in [6.45, 7) is 0. The highest BCUT2D eigenvalue weighted by Crippen LogP contribution is 2.37. The molecule has 9 nitrogen and oxygen atoms in total. The van der Waals surface area contributed by atoms with Gasteiger partial charge in [0.25, 0.3) is 0 Å². The van der Waals surface area contributed by atoms with Gasteiger partial charge < -0.3 is 10.9 Å². The van der Waals surface area contributed by atoms with Crippen LogP contribution in [0, 0.1) is 0 Å². The van der Waals surface area contributed by atoms with Crippen molar-refractivity contribution in [2.24, 2.45) is 10.9 Å². The van der Waals surface area contributed by atoms with Crippen molar-refractivity contribution in [3.8, 4) is 0 Å². The van der Waals surface area contributed by atoms with E-state index in [0.717, 1.165) is 24.6 Å². The van der Waals surface area contributed by atoms with Gasteiger partial charge in [0.15, 0.2) is 11.0 Å². The Morgan fingerprint density at radius 1 is 1.60 bits per heavy atom. The van der Waals surface area contributed by atoms with E-state index >= 15 is 0 Å². The largest absolute Gasteiger partial charge is 0.409 e. The lowest BCUT2D eigenvalue weighted by atomic mass is 10.3. The van der Waals surface area contributed by atoms with Gasteiger partial charge in [-0.3, -0.25) is 4.57 Å². The lowest BCUT2D eigenvalue weighted by molar-refractivity contribution is 0.318. The van der Waals surface area contributed by atoms with E-state index in [4.69, 9.17) is 10.9 Å². The molecule has 2 aromatic heterocycles. The van der Waals surface area contributed by atoms with Crippen LogP contribution in [0.15, 0.2) is 32.4 Å². The van der Waals surface area contributed by atoms with Crippen molar-refractivity contribution < 1.29 is 5.21 Å². The first-order valence-corrected chi connectivity index (χ1v) is 6.66. The number of oxime groups is 1. The SMILES string of the molecule is N/C(=N/O)c1ccnnc1Sc1n[nH]c(=O)n1C1CC1. The van der Waals surface area contributed by atoms with E-state index in [1.54, 1.807) is 10.6 Å². The van der Waals surface area contributed by atoms with Crippen molar-refractivity contribution in [2.45, 2.75) is 29.1 Å². The molecule has 2 heterocycles. The molecule has 2 aromatic rings. The third-order valence-electron chi connectivity index (χ3n) is 2.84. The summed E-state index contributed by atoms with van der Waals surface area (Å²) in [5, 5.41) is 26.7. The standard InChI is InChI=1S/C10H11N7O2S/c11-7(16-19)6-3-4-12-13-8(6)20-10-15-14-9(18)17(10)5-1-2-5/h3-5,19H,1-2H2,(H2,11,16)(H,14,18). The minimum atomic E-state index is -0.246. The van der Waals surface area contributed by atoms with Crippen molar-refractivity contribution >= 4 is 17.6 Å². The van der Waals surface area contributed by atoms with Crippen LogP contribution >= 0.6 is 11.8 Å². The normalized spacial score (nSPS) is 15.5. The molecule has 1 fully saturated rings. The van der Waals surface area contributed by atoms with Crippen LogP contribution in [0.2, 0.25) is 0 Å². The summed E-state index contributed by atoms with van der Waals surface area (Å²) >= 11 is 1.15. The third-order valence-corrected chi connectivity index (χ3v) is 3.81. The van der Waals surface area contributed by atoms with Gasteiger partial charge in [0.1, 0.15) is 5.03 Å². The quantitative estimate of drug-likeness (QED) is 0.311. The summed E-state index contributed by atoms with van der Waals surface area (Å²) in [6.07, 6.45) is 3.36. The number of hydrogen-bond acceptors (Lipinski definition) is 7. The Balaban J connectivity index is 1.98. The molecule has 20 heavy (non-hydrogen) atoms. The zero-order valence-corrected chi connectivity index (χ0v) is 11.0. The Bertz CT molecular complexity index is 718. The molecule has 0 spiro atoms. The highest BCUT2D eigenvalue weighted by molar-refractivity contribution is 7.99. The van der Waals surface area contributed by atoms with Crippen LogP contribution in [0.3, 0.4) is 0 Å². The van der Waals surface area contributed by atoms with Crippen LogP contribution < -0.4 is 11.4 Å². The summed E-state index contributed by atoms with van der Waals surface area (Å²) in [7, 11) is 0. The monoisotopic (exact) mass is 293 g/mol. The van der Waals surface area contributed by atoms with E-state index in [9.17, 15) is 4.79 Å². The van der Waals surface area contributed by atoms with Crippen molar-refractivity contribution in [1.29, 1.82) is 0 Å². The van der Waals surface area contributed by atoms with Crippen molar-refractivity contribution in [1.82, 2.24) is 25.0 Å². The second kappa shape index (κ2) is 4.96. The maximum absolute atomic E-state index is 11.7. The van der Waals surface area contributed by atoms with Gasteiger partial charge in [-0.15, -0.1) is 10.2 Å². The highest BCUT2D eigenvalue weighted by Gasteiger charge is 2.29. The number of aromatic amines is 1. The van der Waals surface area contributed by atoms with E-state index in [2.05, 4.69) is 25.6 Å². The fourth-order valence-corrected chi connectivity index (χ4v) is 2.71. The zero-order valence-electron chi connectivity index (χ0n) is 10.2. The molecule has 1 aliphatic rings. The topological polar surface area (TPSA) is 135 Å². The van der Waals surface area contributed by atoms with Crippen LogP contribution in [0.4, 0.5) is 0 Å². The molecule has 0 atom stereocenters. The average Bonchev–Trinajstić information content (AvgIpc) is 3.23. The number of aromatic nitrogens is 5. The molecule has 0 amide bonds. The van der Waals surface area contributed by atoms with E-state index in [-0.39, 0.29) is 17.6 Å². The molecule has 3 rings (SSSR count). The predicted octanol–water partition coefficient (Wildman–Crippen LogP) is -0.0580. The Labute approximate surface area is 116 Å². The summed E-state index contributed by atoms with van der Waals surface area (Å²) in [4.78, 5) is 11.7. The Morgan fingerprint density at radius 3 is 3.10 bits per heavy atom. The number of rotatable bonds is 4. The van der Waals surface area contributed by atoms with Gasteiger partial charge in [0.2, 0.25) is 0 Å². The second-order valence-electron chi connectivity index (χ2n) is 4.25. The van der Waals surface area contributed by atoms with E-state index in [1.165, 1.54) is 6.20 Å². The fraction of sp³-hybridized carbons (Fsp3) is 0.300. The van der Waals surface area contributed by atoms with Crippen LogP contribution in [-0.4, -0.2) is 36.0 Å². The van der Waals surface area contributed by atoms with Gasteiger partial charge in [-0.2, -0.15) is 5.10 Å². The number of amidine groups is 1. The number of nitrogens with zero attached hydrogens (tertiary/aromatic N) is 5. The summed E-state index contributed by atoms with van der Waals surface area (Å²) in [5.41, 5.74) is 5.78. The number of nitrogens with one attached hydrogen (secondary N) is 1. The van der Waals surface area contributed by atoms with Crippen LogP contribution in [0.1, 0.15) is 24.4 Å². The first-order valence-electron chi connectivity index (χ1n) is 5.85.